The van der Waals surface area contributed by atoms with Gasteiger partial charge in [-0.3, -0.25) is 4.98 Å². The van der Waals surface area contributed by atoms with E-state index in [4.69, 9.17) is 15.0 Å². The van der Waals surface area contributed by atoms with Crippen LogP contribution in [0.4, 0.5) is 4.79 Å². The lowest BCUT2D eigenvalue weighted by atomic mass is 9.90. The van der Waals surface area contributed by atoms with E-state index in [0.29, 0.717) is 18.9 Å². The number of nitrogens with one attached hydrogen (secondary N) is 1. The molecule has 3 rings (SSSR count). The zero-order valence-electron chi connectivity index (χ0n) is 21.9. The van der Waals surface area contributed by atoms with Crippen LogP contribution >= 0.6 is 0 Å². The Morgan fingerprint density at radius 1 is 1.14 bits per heavy atom. The number of rotatable bonds is 8. The van der Waals surface area contributed by atoms with E-state index in [9.17, 15) is 4.79 Å². The summed E-state index contributed by atoms with van der Waals surface area (Å²) in [7, 11) is 0. The number of aryl methyl sites for hydroxylation is 2. The number of unbranched alkanes of at least 4 members (excludes halogenated alkanes) is 1. The fraction of sp³-hybridized carbons (Fsp3) is 0.433. The molecule has 0 saturated heterocycles. The molecule has 0 fully saturated rings. The Hall–Kier alpha value is -3.39. The van der Waals surface area contributed by atoms with E-state index in [1.807, 2.05) is 20.8 Å². The van der Waals surface area contributed by atoms with Gasteiger partial charge in [0.2, 0.25) is 0 Å². The van der Waals surface area contributed by atoms with Gasteiger partial charge in [-0.1, -0.05) is 49.7 Å². The lowest BCUT2D eigenvalue weighted by molar-refractivity contribution is 0.0523. The quantitative estimate of drug-likeness (QED) is 0.350. The minimum Gasteiger partial charge on any atom is -0.444 e. The molecule has 0 spiro atoms. The Morgan fingerprint density at radius 3 is 2.49 bits per heavy atom. The van der Waals surface area contributed by atoms with E-state index in [0.717, 1.165) is 52.5 Å². The van der Waals surface area contributed by atoms with Crippen LogP contribution in [-0.2, 0) is 24.1 Å². The molecule has 1 amide bonds. The first-order valence-electron chi connectivity index (χ1n) is 12.4. The summed E-state index contributed by atoms with van der Waals surface area (Å²) in [6.07, 6.45) is 2.58. The number of nitriles is 1. The van der Waals surface area contributed by atoms with Crippen LogP contribution in [0.5, 0.6) is 0 Å². The van der Waals surface area contributed by atoms with Gasteiger partial charge in [0, 0.05) is 29.6 Å². The van der Waals surface area contributed by atoms with Gasteiger partial charge in [-0.05, 0) is 81.7 Å². The zero-order chi connectivity index (χ0) is 25.6. The highest BCUT2D eigenvalue weighted by molar-refractivity contribution is 5.97. The summed E-state index contributed by atoms with van der Waals surface area (Å²) < 4.78 is 5.51. The van der Waals surface area contributed by atoms with Gasteiger partial charge in [-0.15, -0.1) is 0 Å². The van der Waals surface area contributed by atoms with Gasteiger partial charge in [-0.2, -0.15) is 5.26 Å². The highest BCUT2D eigenvalue weighted by Gasteiger charge is 2.21. The molecule has 3 aromatic rings. The predicted octanol–water partition coefficient (Wildman–Crippen LogP) is 7.28. The van der Waals surface area contributed by atoms with Gasteiger partial charge < -0.3 is 10.1 Å². The molecule has 1 heterocycles. The van der Waals surface area contributed by atoms with Crippen molar-refractivity contribution < 1.29 is 9.53 Å². The monoisotopic (exact) mass is 471 g/mol. The first-order chi connectivity index (χ1) is 16.6. The van der Waals surface area contributed by atoms with Crippen molar-refractivity contribution in [3.63, 3.8) is 0 Å². The molecule has 0 aliphatic rings. The number of alkyl carbamates (subject to hydrolysis) is 1. The van der Waals surface area contributed by atoms with Gasteiger partial charge >= 0.3 is 6.09 Å². The van der Waals surface area contributed by atoms with Crippen LogP contribution in [0.15, 0.2) is 42.5 Å². The number of amides is 1. The number of carbonyl (C=O) groups is 1. The summed E-state index contributed by atoms with van der Waals surface area (Å²) in [6.45, 7) is 12.4. The molecule has 5 nitrogen and oxygen atoms in total. The van der Waals surface area contributed by atoms with Gasteiger partial charge in [0.25, 0.3) is 0 Å². The Kier molecular flexibility index (Phi) is 8.51. The van der Waals surface area contributed by atoms with Gasteiger partial charge in [-0.25, -0.2) is 4.79 Å². The van der Waals surface area contributed by atoms with Crippen LogP contribution in [0.25, 0.3) is 22.0 Å². The van der Waals surface area contributed by atoms with Crippen LogP contribution in [0.3, 0.4) is 0 Å². The first kappa shape index (κ1) is 26.2. The number of benzene rings is 2. The lowest BCUT2D eigenvalue weighted by Gasteiger charge is -2.22. The zero-order valence-corrected chi connectivity index (χ0v) is 21.9. The molecule has 0 atom stereocenters. The maximum absolute atomic E-state index is 12.5. The SMILES string of the molecule is Cc1ccc(-c2c(CNC(=O)OC(C)(C)C)c(CC(C)C)nc3ccc(CCCC#N)cc23)cc1. The van der Waals surface area contributed by atoms with Crippen molar-refractivity contribution in [2.24, 2.45) is 5.92 Å². The van der Waals surface area contributed by atoms with Crippen molar-refractivity contribution in [2.45, 2.75) is 79.4 Å². The molecule has 0 unspecified atom stereocenters. The number of pyridine rings is 1. The van der Waals surface area contributed by atoms with Crippen molar-refractivity contribution in [3.05, 3.63) is 64.8 Å². The fourth-order valence-electron chi connectivity index (χ4n) is 4.20. The van der Waals surface area contributed by atoms with E-state index < -0.39 is 11.7 Å². The number of fused-ring (bicyclic) bond motifs is 1. The van der Waals surface area contributed by atoms with Gasteiger partial charge in [0.1, 0.15) is 5.60 Å². The summed E-state index contributed by atoms with van der Waals surface area (Å²) in [4.78, 5) is 17.6. The third-order valence-corrected chi connectivity index (χ3v) is 5.74. The van der Waals surface area contributed by atoms with E-state index >= 15 is 0 Å². The van der Waals surface area contributed by atoms with Crippen LogP contribution in [-0.4, -0.2) is 16.7 Å². The fourth-order valence-corrected chi connectivity index (χ4v) is 4.20. The number of ether oxygens (including phenoxy) is 1. The predicted molar refractivity (Wildman–Crippen MR) is 142 cm³/mol. The summed E-state index contributed by atoms with van der Waals surface area (Å²) in [5.74, 6) is 0.413. The van der Waals surface area contributed by atoms with Crippen LogP contribution in [0.2, 0.25) is 0 Å². The second kappa shape index (κ2) is 11.4. The summed E-state index contributed by atoms with van der Waals surface area (Å²) >= 11 is 0. The van der Waals surface area contributed by atoms with Crippen molar-refractivity contribution in [1.29, 1.82) is 5.26 Å². The third-order valence-electron chi connectivity index (χ3n) is 5.74. The van der Waals surface area contributed by atoms with Crippen LogP contribution in [0, 0.1) is 24.2 Å². The Bertz CT molecular complexity index is 1220. The van der Waals surface area contributed by atoms with Gasteiger partial charge in [0.15, 0.2) is 0 Å². The maximum Gasteiger partial charge on any atom is 0.407 e. The Morgan fingerprint density at radius 2 is 1.86 bits per heavy atom. The molecule has 0 aliphatic carbocycles. The highest BCUT2D eigenvalue weighted by atomic mass is 16.6. The molecule has 0 bridgehead atoms. The summed E-state index contributed by atoms with van der Waals surface area (Å²) in [5, 5.41) is 13.0. The summed E-state index contributed by atoms with van der Waals surface area (Å²) in [6, 6.07) is 17.1. The molecule has 0 radical (unpaired) electrons. The number of aromatic nitrogens is 1. The number of nitrogens with zero attached hydrogens (tertiary/aromatic N) is 2. The molecule has 184 valence electrons. The molecular formula is C30H37N3O2. The number of hydrogen-bond acceptors (Lipinski definition) is 4. The normalized spacial score (nSPS) is 11.5. The minimum absolute atomic E-state index is 0.335. The average Bonchev–Trinajstić information content (AvgIpc) is 2.77. The lowest BCUT2D eigenvalue weighted by Crippen LogP contribution is -2.32. The average molecular weight is 472 g/mol. The maximum atomic E-state index is 12.5. The van der Waals surface area contributed by atoms with Crippen molar-refractivity contribution in [3.8, 4) is 17.2 Å². The third kappa shape index (κ3) is 7.29. The highest BCUT2D eigenvalue weighted by Crippen LogP contribution is 2.35. The largest absolute Gasteiger partial charge is 0.444 e. The Balaban J connectivity index is 2.18. The van der Waals surface area contributed by atoms with E-state index in [1.54, 1.807) is 0 Å². The smallest absolute Gasteiger partial charge is 0.407 e. The molecule has 0 aliphatic heterocycles. The second-order valence-corrected chi connectivity index (χ2v) is 10.6. The first-order valence-corrected chi connectivity index (χ1v) is 12.4. The number of hydrogen-bond donors (Lipinski definition) is 1. The number of carbonyl (C=O) groups excluding carboxylic acids is 1. The molecule has 5 heteroatoms. The van der Waals surface area contributed by atoms with Gasteiger partial charge in [0.05, 0.1) is 11.6 Å². The van der Waals surface area contributed by atoms with Crippen molar-refractivity contribution >= 4 is 17.0 Å². The molecule has 1 N–H and O–H groups in total. The molecule has 35 heavy (non-hydrogen) atoms. The molecular weight excluding hydrogens is 434 g/mol. The Labute approximate surface area is 209 Å². The van der Waals surface area contributed by atoms with E-state index in [1.165, 1.54) is 11.1 Å². The molecule has 0 saturated carbocycles. The topological polar surface area (TPSA) is 75.0 Å². The van der Waals surface area contributed by atoms with Crippen molar-refractivity contribution in [2.75, 3.05) is 0 Å². The summed E-state index contributed by atoms with van der Waals surface area (Å²) in [5.41, 5.74) is 6.98. The van der Waals surface area contributed by atoms with E-state index in [-0.39, 0.29) is 0 Å². The second-order valence-electron chi connectivity index (χ2n) is 10.6. The van der Waals surface area contributed by atoms with E-state index in [2.05, 4.69) is 74.6 Å². The van der Waals surface area contributed by atoms with Crippen LogP contribution < -0.4 is 5.32 Å². The van der Waals surface area contributed by atoms with Crippen LogP contribution in [0.1, 0.15) is 69.8 Å². The molecule has 2 aromatic carbocycles. The minimum atomic E-state index is -0.565. The standard InChI is InChI=1S/C30H37N3O2/c1-20(2)17-27-25(19-32-29(34)35-30(4,5)6)28(23-13-10-21(3)11-14-23)24-18-22(9-7-8-16-31)12-15-26(24)33-27/h10-15,18,20H,7-9,17,19H2,1-6H3,(H,32,34). The van der Waals surface area contributed by atoms with Crippen molar-refractivity contribution in [1.82, 2.24) is 10.3 Å². The molecule has 1 aromatic heterocycles.